The van der Waals surface area contributed by atoms with E-state index < -0.39 is 47.4 Å². The summed E-state index contributed by atoms with van der Waals surface area (Å²) < 4.78 is 39.4. The zero-order valence-electron chi connectivity index (χ0n) is 49.3. The number of hydrogen-bond acceptors (Lipinski definition) is 14. The van der Waals surface area contributed by atoms with E-state index in [0.29, 0.717) is 11.1 Å². The van der Waals surface area contributed by atoms with Crippen molar-refractivity contribution >= 4 is 50.6 Å². The Balaban J connectivity index is 0.000000142. The monoisotopic (exact) mass is 1150 g/mol. The number of ether oxygens (including phenoxy) is 7. The van der Waals surface area contributed by atoms with E-state index in [1.807, 2.05) is 145 Å². The van der Waals surface area contributed by atoms with E-state index in [2.05, 4.69) is 33.2 Å². The number of pyridine rings is 3. The van der Waals surface area contributed by atoms with Gasteiger partial charge < -0.3 is 43.4 Å². The second-order valence-electron chi connectivity index (χ2n) is 23.1. The average Bonchev–Trinajstić information content (AvgIpc) is 2.59. The number of carbonyl (C=O) groups is 3. The highest BCUT2D eigenvalue weighted by Gasteiger charge is 2.34. The predicted molar refractivity (Wildman–Crippen MR) is 327 cm³/mol. The minimum absolute atomic E-state index is 0.427. The molecular weight excluding hydrogens is 1070 g/mol. The molecule has 438 valence electrons. The summed E-state index contributed by atoms with van der Waals surface area (Å²) in [6, 6.07) is 41.1. The van der Waals surface area contributed by atoms with E-state index in [9.17, 15) is 24.6 Å². The number of hydrogen-bond donors (Lipinski definition) is 2. The number of carbonyl (C=O) groups excluding carboxylic acids is 2. The molecule has 3 atom stereocenters. The van der Waals surface area contributed by atoms with Crippen LogP contribution in [0.15, 0.2) is 146 Å². The Labute approximate surface area is 494 Å². The molecule has 9 aromatic rings. The molecule has 3 unspecified atom stereocenters. The van der Waals surface area contributed by atoms with Gasteiger partial charge in [0.25, 0.3) is 0 Å². The quantitative estimate of drug-likeness (QED) is 0.116. The lowest BCUT2D eigenvalue weighted by atomic mass is 9.90. The number of rotatable bonds is 11. The summed E-state index contributed by atoms with van der Waals surface area (Å²) in [6.07, 6.45) is 7.64. The van der Waals surface area contributed by atoms with Crippen LogP contribution in [0, 0.1) is 0 Å². The van der Waals surface area contributed by atoms with Gasteiger partial charge >= 0.3 is 17.9 Å². The molecule has 0 spiro atoms. The molecule has 15 nitrogen and oxygen atoms in total. The SMILES string of the molecule is CC(C)(C)OC(C(=O)O)c1c(-c2ccc3c(c2)CCCO3)ccc2ncccc12.COC(=O)C(O)c1c(-c2ccc3c(c2)CCCO3)ccc2ncccc12.COC(=O)C(OC(C)(C)C)c1c(-c2ccc3c(c2)CCCO3)ccc2ncccc12. The largest absolute Gasteiger partial charge is 0.493 e. The van der Waals surface area contributed by atoms with Crippen molar-refractivity contribution in [1.29, 1.82) is 0 Å². The van der Waals surface area contributed by atoms with E-state index >= 15 is 0 Å². The van der Waals surface area contributed by atoms with Crippen LogP contribution >= 0.6 is 0 Å². The van der Waals surface area contributed by atoms with Gasteiger partial charge in [0.05, 0.1) is 61.8 Å². The fraction of sp³-hybridized carbons (Fsp3) is 0.314. The fourth-order valence-corrected chi connectivity index (χ4v) is 11.2. The molecule has 0 bridgehead atoms. The first-order chi connectivity index (χ1) is 40.9. The van der Waals surface area contributed by atoms with Crippen LogP contribution in [0.2, 0.25) is 0 Å². The van der Waals surface area contributed by atoms with E-state index in [1.165, 1.54) is 19.8 Å². The highest BCUT2D eigenvalue weighted by atomic mass is 16.6. The average molecular weight is 1150 g/mol. The Bertz CT molecular complexity index is 3940. The molecule has 6 heterocycles. The number of nitrogens with zero attached hydrogens (tertiary/aromatic N) is 3. The predicted octanol–water partition coefficient (Wildman–Crippen LogP) is 13.9. The third-order valence-electron chi connectivity index (χ3n) is 14.9. The Kier molecular flexibility index (Phi) is 17.9. The van der Waals surface area contributed by atoms with Crippen molar-refractivity contribution in [2.24, 2.45) is 0 Å². The Morgan fingerprint density at radius 3 is 1.19 bits per heavy atom. The second-order valence-corrected chi connectivity index (χ2v) is 23.1. The van der Waals surface area contributed by atoms with Crippen molar-refractivity contribution in [2.75, 3.05) is 34.0 Å². The van der Waals surface area contributed by atoms with E-state index in [-0.39, 0.29) is 0 Å². The molecule has 85 heavy (non-hydrogen) atoms. The summed E-state index contributed by atoms with van der Waals surface area (Å²) in [7, 11) is 2.66. The maximum atomic E-state index is 12.9. The summed E-state index contributed by atoms with van der Waals surface area (Å²) in [5.41, 5.74) is 12.0. The van der Waals surface area contributed by atoms with Crippen molar-refractivity contribution in [3.8, 4) is 50.6 Å². The number of aliphatic hydroxyl groups is 1. The summed E-state index contributed by atoms with van der Waals surface area (Å²) in [6.45, 7) is 13.6. The Morgan fingerprint density at radius 1 is 0.471 bits per heavy atom. The van der Waals surface area contributed by atoms with Gasteiger partial charge in [-0.15, -0.1) is 0 Å². The molecule has 0 aliphatic carbocycles. The number of esters is 2. The van der Waals surface area contributed by atoms with Crippen LogP contribution in [0.1, 0.15) is 112 Å². The summed E-state index contributed by atoms with van der Waals surface area (Å²) in [4.78, 5) is 50.4. The minimum atomic E-state index is -1.38. The third-order valence-corrected chi connectivity index (χ3v) is 14.9. The number of methoxy groups -OCH3 is 2. The smallest absolute Gasteiger partial charge is 0.339 e. The molecule has 0 saturated carbocycles. The molecule has 0 radical (unpaired) electrons. The van der Waals surface area contributed by atoms with Crippen molar-refractivity contribution in [2.45, 2.75) is 110 Å². The number of aliphatic carboxylic acids is 1. The first-order valence-corrected chi connectivity index (χ1v) is 28.7. The summed E-state index contributed by atoms with van der Waals surface area (Å²) in [5, 5.41) is 23.1. The van der Waals surface area contributed by atoms with Crippen LogP contribution in [-0.4, -0.2) is 88.3 Å². The van der Waals surface area contributed by atoms with Crippen LogP contribution in [0.5, 0.6) is 17.2 Å². The van der Waals surface area contributed by atoms with Gasteiger partial charge in [-0.2, -0.15) is 0 Å². The molecule has 0 saturated heterocycles. The lowest BCUT2D eigenvalue weighted by molar-refractivity contribution is -0.164. The molecule has 6 aromatic carbocycles. The lowest BCUT2D eigenvalue weighted by Crippen LogP contribution is -2.28. The number of carboxylic acid groups (broad SMARTS) is 1. The number of aryl methyl sites for hydroxylation is 3. The standard InChI is InChI=1S/C25H27NO4.C24H25NO4.C21H19NO4/c1-25(2,3)30-23(24(27)28-4)22-18(10-11-20-19(22)8-5-13-26-20)16-9-12-21-17(15-16)7-6-14-29-21;1-24(2,3)29-22(23(26)27)21-17(9-10-19-18(21)7-4-12-25-19)15-8-11-20-16(14-15)6-5-13-28-20;1-25-21(24)20(23)19-15(7-8-17-16(19)5-2-10-22-17)13-6-9-18-14(12-13)4-3-11-26-18/h5,8-13,15,23H,6-7,14H2,1-4H3;4,7-12,14,22H,5-6,13H2,1-3H3,(H,26,27);2,5-10,12,20,23H,3-4,11H2,1H3. The second kappa shape index (κ2) is 25.6. The first-order valence-electron chi connectivity index (χ1n) is 28.7. The molecule has 0 fully saturated rings. The molecule has 12 rings (SSSR count). The van der Waals surface area contributed by atoms with Crippen LogP contribution in [-0.2, 0) is 52.6 Å². The third kappa shape index (κ3) is 13.4. The molecule has 2 N–H and O–H groups in total. The van der Waals surface area contributed by atoms with Gasteiger partial charge in [0.15, 0.2) is 18.3 Å². The number of benzene rings is 6. The van der Waals surface area contributed by atoms with Gasteiger partial charge in [-0.3, -0.25) is 15.0 Å². The Hall–Kier alpha value is -8.76. The van der Waals surface area contributed by atoms with Crippen molar-refractivity contribution < 1.29 is 57.8 Å². The highest BCUT2D eigenvalue weighted by Crippen LogP contribution is 2.43. The zero-order chi connectivity index (χ0) is 60.0. The topological polar surface area (TPSA) is 195 Å². The van der Waals surface area contributed by atoms with Gasteiger partial charge in [-0.05, 0) is 203 Å². The van der Waals surface area contributed by atoms with Crippen LogP contribution in [0.25, 0.3) is 66.1 Å². The molecule has 3 aliphatic rings. The van der Waals surface area contributed by atoms with Crippen LogP contribution in [0.4, 0.5) is 0 Å². The lowest BCUT2D eigenvalue weighted by Gasteiger charge is -2.28. The molecule has 3 aliphatic heterocycles. The van der Waals surface area contributed by atoms with E-state index in [1.54, 1.807) is 24.7 Å². The molecular formula is C70H71N3O12. The van der Waals surface area contributed by atoms with Crippen molar-refractivity contribution in [3.63, 3.8) is 0 Å². The maximum absolute atomic E-state index is 12.9. The maximum Gasteiger partial charge on any atom is 0.339 e. The zero-order valence-corrected chi connectivity index (χ0v) is 49.3. The fourth-order valence-electron chi connectivity index (χ4n) is 11.2. The van der Waals surface area contributed by atoms with Gasteiger partial charge in [0.1, 0.15) is 17.2 Å². The highest BCUT2D eigenvalue weighted by molar-refractivity contribution is 5.97. The van der Waals surface area contributed by atoms with E-state index in [0.717, 1.165) is 158 Å². The van der Waals surface area contributed by atoms with Crippen molar-refractivity contribution in [3.05, 3.63) is 179 Å². The van der Waals surface area contributed by atoms with Gasteiger partial charge in [0.2, 0.25) is 0 Å². The van der Waals surface area contributed by atoms with Gasteiger partial charge in [-0.1, -0.05) is 54.6 Å². The molecule has 15 heteroatoms. The summed E-state index contributed by atoms with van der Waals surface area (Å²) in [5.74, 6) is 0.609. The number of aliphatic hydroxyl groups excluding tert-OH is 1. The normalized spacial score (nSPS) is 14.6. The number of carboxylic acids is 1. The van der Waals surface area contributed by atoms with Gasteiger partial charge in [-0.25, -0.2) is 14.4 Å². The van der Waals surface area contributed by atoms with E-state index in [4.69, 9.17) is 33.2 Å². The van der Waals surface area contributed by atoms with Crippen LogP contribution < -0.4 is 14.2 Å². The van der Waals surface area contributed by atoms with Crippen molar-refractivity contribution in [1.82, 2.24) is 15.0 Å². The summed E-state index contributed by atoms with van der Waals surface area (Å²) >= 11 is 0. The minimum Gasteiger partial charge on any atom is -0.493 e. The number of aromatic nitrogens is 3. The number of fused-ring (bicyclic) bond motifs is 6. The Morgan fingerprint density at radius 2 is 0.824 bits per heavy atom. The molecule has 0 amide bonds. The molecule has 3 aromatic heterocycles. The van der Waals surface area contributed by atoms with Gasteiger partial charge in [0, 0.05) is 51.4 Å². The van der Waals surface area contributed by atoms with Crippen LogP contribution in [0.3, 0.4) is 0 Å². The first kappa shape index (κ1) is 59.4.